The second kappa shape index (κ2) is 9.03. The Balaban J connectivity index is 1.65. The van der Waals surface area contributed by atoms with Crippen LogP contribution in [0.25, 0.3) is 0 Å². The highest BCUT2D eigenvalue weighted by atomic mass is 15.4. The number of aromatic nitrogens is 4. The second-order valence-electron chi connectivity index (χ2n) is 7.68. The highest BCUT2D eigenvalue weighted by Gasteiger charge is 2.23. The molecule has 8 heteroatoms. The van der Waals surface area contributed by atoms with Crippen molar-refractivity contribution in [3.63, 3.8) is 0 Å². The first-order valence-corrected chi connectivity index (χ1v) is 10.1. The van der Waals surface area contributed by atoms with Crippen LogP contribution in [-0.4, -0.2) is 52.4 Å². The van der Waals surface area contributed by atoms with E-state index in [1.807, 2.05) is 41.9 Å². The molecule has 28 heavy (non-hydrogen) atoms. The van der Waals surface area contributed by atoms with E-state index in [4.69, 9.17) is 4.99 Å². The first-order chi connectivity index (χ1) is 13.5. The lowest BCUT2D eigenvalue weighted by Crippen LogP contribution is -2.47. The fraction of sp³-hybridized carbons (Fsp3) is 0.600. The monoisotopic (exact) mass is 384 g/mol. The fourth-order valence-electron chi connectivity index (χ4n) is 3.17. The van der Waals surface area contributed by atoms with Crippen LogP contribution in [0.2, 0.25) is 0 Å². The Morgan fingerprint density at radius 3 is 2.86 bits per heavy atom. The minimum Gasteiger partial charge on any atom is -0.363 e. The molecule has 0 saturated carbocycles. The molecule has 0 radical (unpaired) electrons. The van der Waals surface area contributed by atoms with Crippen LogP contribution in [0.15, 0.2) is 23.2 Å². The van der Waals surface area contributed by atoms with Crippen molar-refractivity contribution >= 4 is 11.8 Å². The highest BCUT2D eigenvalue weighted by Crippen LogP contribution is 2.17. The average molecular weight is 385 g/mol. The van der Waals surface area contributed by atoms with E-state index >= 15 is 0 Å². The molecule has 8 nitrogen and oxygen atoms in total. The van der Waals surface area contributed by atoms with Gasteiger partial charge in [-0.1, -0.05) is 19.9 Å². The zero-order valence-corrected chi connectivity index (χ0v) is 17.6. The molecule has 0 spiro atoms. The van der Waals surface area contributed by atoms with Crippen molar-refractivity contribution in [2.45, 2.75) is 58.7 Å². The van der Waals surface area contributed by atoms with Crippen molar-refractivity contribution in [3.05, 3.63) is 35.5 Å². The Hall–Kier alpha value is -2.64. The highest BCUT2D eigenvalue weighted by molar-refractivity contribution is 5.80. The lowest BCUT2D eigenvalue weighted by molar-refractivity contribution is 0.391. The molecule has 1 atom stereocenters. The first kappa shape index (κ1) is 20.1. The molecule has 3 rings (SSSR count). The molecule has 2 aromatic heterocycles. The molecule has 0 bridgehead atoms. The van der Waals surface area contributed by atoms with Crippen LogP contribution in [0.5, 0.6) is 0 Å². The largest absolute Gasteiger partial charge is 0.363 e. The summed E-state index contributed by atoms with van der Waals surface area (Å²) in [7, 11) is 3.99. The molecule has 1 aliphatic rings. The summed E-state index contributed by atoms with van der Waals surface area (Å²) in [6.45, 7) is 8.51. The fourth-order valence-corrected chi connectivity index (χ4v) is 3.17. The summed E-state index contributed by atoms with van der Waals surface area (Å²) in [4.78, 5) is 16.0. The summed E-state index contributed by atoms with van der Waals surface area (Å²) in [6.07, 6.45) is 1.96. The van der Waals surface area contributed by atoms with E-state index in [1.165, 1.54) is 0 Å². The molecule has 0 saturated heterocycles. The number of aryl methyl sites for hydroxylation is 1. The van der Waals surface area contributed by atoms with Gasteiger partial charge in [0.05, 0.1) is 18.8 Å². The predicted octanol–water partition coefficient (Wildman–Crippen LogP) is 1.93. The van der Waals surface area contributed by atoms with Crippen LogP contribution >= 0.6 is 0 Å². The van der Waals surface area contributed by atoms with Crippen LogP contribution in [-0.2, 0) is 19.5 Å². The molecule has 1 unspecified atom stereocenters. The SMILES string of the molecule is CCNC(=NCc1cccc(N(C)C)n1)NC1CCc2nc(C(C)C)nn2C1. The summed E-state index contributed by atoms with van der Waals surface area (Å²) in [5.74, 6) is 4.14. The van der Waals surface area contributed by atoms with E-state index in [9.17, 15) is 0 Å². The third kappa shape index (κ3) is 4.99. The molecular weight excluding hydrogens is 352 g/mol. The Labute approximate surface area is 167 Å². The lowest BCUT2D eigenvalue weighted by Gasteiger charge is -2.25. The summed E-state index contributed by atoms with van der Waals surface area (Å²) in [6, 6.07) is 6.32. The van der Waals surface area contributed by atoms with E-state index in [2.05, 4.69) is 46.5 Å². The predicted molar refractivity (Wildman–Crippen MR) is 113 cm³/mol. The molecule has 3 heterocycles. The quantitative estimate of drug-likeness (QED) is 0.585. The maximum atomic E-state index is 4.74. The second-order valence-corrected chi connectivity index (χ2v) is 7.68. The Bertz CT molecular complexity index is 808. The van der Waals surface area contributed by atoms with Gasteiger partial charge in [0, 0.05) is 39.0 Å². The molecule has 0 fully saturated rings. The van der Waals surface area contributed by atoms with Gasteiger partial charge in [0.2, 0.25) is 0 Å². The number of hydrogen-bond acceptors (Lipinski definition) is 5. The van der Waals surface area contributed by atoms with Gasteiger partial charge >= 0.3 is 0 Å². The van der Waals surface area contributed by atoms with Crippen LogP contribution < -0.4 is 15.5 Å². The summed E-state index contributed by atoms with van der Waals surface area (Å²) < 4.78 is 2.04. The number of hydrogen-bond donors (Lipinski definition) is 2. The van der Waals surface area contributed by atoms with Crippen molar-refractivity contribution in [2.75, 3.05) is 25.5 Å². The number of anilines is 1. The van der Waals surface area contributed by atoms with E-state index in [-0.39, 0.29) is 6.04 Å². The smallest absolute Gasteiger partial charge is 0.191 e. The number of nitrogens with one attached hydrogen (secondary N) is 2. The zero-order valence-electron chi connectivity index (χ0n) is 17.6. The normalized spacial score (nSPS) is 16.8. The van der Waals surface area contributed by atoms with Crippen LogP contribution in [0.4, 0.5) is 5.82 Å². The number of aliphatic imine (C=N–C) groups is 1. The van der Waals surface area contributed by atoms with Gasteiger partial charge in [-0.25, -0.2) is 19.6 Å². The van der Waals surface area contributed by atoms with Crippen LogP contribution in [0.3, 0.4) is 0 Å². The number of guanidine groups is 1. The summed E-state index contributed by atoms with van der Waals surface area (Å²) >= 11 is 0. The molecule has 2 aromatic rings. The number of rotatable bonds is 6. The minimum atomic E-state index is 0.285. The van der Waals surface area contributed by atoms with Crippen molar-refractivity contribution in [2.24, 2.45) is 4.99 Å². The van der Waals surface area contributed by atoms with Crippen LogP contribution in [0, 0.1) is 0 Å². The Morgan fingerprint density at radius 2 is 2.14 bits per heavy atom. The van der Waals surface area contributed by atoms with Gasteiger partial charge in [-0.3, -0.25) is 0 Å². The number of pyridine rings is 1. The first-order valence-electron chi connectivity index (χ1n) is 10.1. The van der Waals surface area contributed by atoms with E-state index in [0.29, 0.717) is 12.5 Å². The van der Waals surface area contributed by atoms with Crippen LogP contribution in [0.1, 0.15) is 50.5 Å². The van der Waals surface area contributed by atoms with Gasteiger partial charge in [0.15, 0.2) is 11.8 Å². The van der Waals surface area contributed by atoms with Gasteiger partial charge in [-0.15, -0.1) is 0 Å². The number of fused-ring (bicyclic) bond motifs is 1. The van der Waals surface area contributed by atoms with Gasteiger partial charge in [-0.2, -0.15) is 5.10 Å². The van der Waals surface area contributed by atoms with E-state index < -0.39 is 0 Å². The summed E-state index contributed by atoms with van der Waals surface area (Å²) in [5, 5.41) is 11.6. The average Bonchev–Trinajstić information content (AvgIpc) is 3.10. The van der Waals surface area contributed by atoms with Gasteiger partial charge < -0.3 is 15.5 Å². The van der Waals surface area contributed by atoms with Crippen molar-refractivity contribution in [1.29, 1.82) is 0 Å². The maximum absolute atomic E-state index is 4.74. The van der Waals surface area contributed by atoms with Gasteiger partial charge in [0.25, 0.3) is 0 Å². The standard InChI is InChI=1S/C20H32N8/c1-6-21-20(22-12-15-8-7-9-17(23-15)27(4)5)24-16-10-11-18-25-19(14(2)3)26-28(18)13-16/h7-9,14,16H,6,10-13H2,1-5H3,(H2,21,22,24). The third-order valence-electron chi connectivity index (χ3n) is 4.73. The van der Waals surface area contributed by atoms with Gasteiger partial charge in [-0.05, 0) is 25.5 Å². The molecule has 1 aliphatic heterocycles. The Morgan fingerprint density at radius 1 is 1.32 bits per heavy atom. The molecular formula is C20H32N8. The third-order valence-corrected chi connectivity index (χ3v) is 4.73. The molecule has 152 valence electrons. The maximum Gasteiger partial charge on any atom is 0.191 e. The van der Waals surface area contributed by atoms with Crippen molar-refractivity contribution < 1.29 is 0 Å². The van der Waals surface area contributed by atoms with Gasteiger partial charge in [0.1, 0.15) is 11.6 Å². The van der Waals surface area contributed by atoms with E-state index in [1.54, 1.807) is 0 Å². The number of nitrogens with zero attached hydrogens (tertiary/aromatic N) is 6. The Kier molecular flexibility index (Phi) is 6.49. The summed E-state index contributed by atoms with van der Waals surface area (Å²) in [5.41, 5.74) is 0.951. The lowest BCUT2D eigenvalue weighted by atomic mass is 10.1. The minimum absolute atomic E-state index is 0.285. The topological polar surface area (TPSA) is 83.3 Å². The van der Waals surface area contributed by atoms with Crippen molar-refractivity contribution in [1.82, 2.24) is 30.4 Å². The van der Waals surface area contributed by atoms with E-state index in [0.717, 1.165) is 55.1 Å². The molecule has 0 amide bonds. The molecule has 0 aliphatic carbocycles. The zero-order chi connectivity index (χ0) is 20.1. The molecule has 2 N–H and O–H groups in total. The molecule has 0 aromatic carbocycles. The van der Waals surface area contributed by atoms with Crippen molar-refractivity contribution in [3.8, 4) is 0 Å².